The van der Waals surface area contributed by atoms with E-state index in [1.807, 2.05) is 11.3 Å². The lowest BCUT2D eigenvalue weighted by atomic mass is 9.35. The van der Waals surface area contributed by atoms with Gasteiger partial charge in [-0.3, -0.25) is 0 Å². The average Bonchev–Trinajstić information content (AvgIpc) is 3.82. The summed E-state index contributed by atoms with van der Waals surface area (Å²) >= 11 is 1.88. The molecule has 2 aromatic heterocycles. The highest BCUT2D eigenvalue weighted by molar-refractivity contribution is 7.22. The molecule has 8 aromatic rings. The van der Waals surface area contributed by atoms with Gasteiger partial charge in [-0.1, -0.05) is 125 Å². The van der Waals surface area contributed by atoms with E-state index in [4.69, 9.17) is 4.42 Å². The summed E-state index contributed by atoms with van der Waals surface area (Å²) in [6.45, 7) is 34.7. The molecular formula is C59H63BN2OS. The lowest BCUT2D eigenvalue weighted by Crippen LogP contribution is -2.61. The normalized spacial score (nSPS) is 13.9. The Morgan fingerprint density at radius 3 is 1.72 bits per heavy atom. The first-order valence-corrected chi connectivity index (χ1v) is 24.1. The number of anilines is 6. The maximum Gasteiger partial charge on any atom is 0.297 e. The summed E-state index contributed by atoms with van der Waals surface area (Å²) in [5.74, 6) is 0.298. The van der Waals surface area contributed by atoms with Gasteiger partial charge in [0, 0.05) is 32.0 Å². The molecule has 0 aliphatic carbocycles. The zero-order valence-electron chi connectivity index (χ0n) is 40.7. The SMILES string of the molecule is Cc1cc(-c2cc3ccccc3s2)cc(C)c1N1c2ccc(C(C)(C)C)cc2B2c3oc4ccc(C(C)(C)C)cc4c3N(c3c(C)cc(C(C)(C)C)cc3C)c3cc(C(C)C)cc1c32. The van der Waals surface area contributed by atoms with E-state index in [1.54, 1.807) is 0 Å². The number of furan rings is 1. The van der Waals surface area contributed by atoms with Crippen LogP contribution in [0.1, 0.15) is 127 Å². The second-order valence-electron chi connectivity index (χ2n) is 22.3. The first-order valence-electron chi connectivity index (χ1n) is 23.3. The third-order valence-electron chi connectivity index (χ3n) is 14.1. The molecule has 0 saturated heterocycles. The second kappa shape index (κ2) is 14.5. The van der Waals surface area contributed by atoms with Crippen LogP contribution < -0.4 is 26.4 Å². The molecule has 2 aliphatic rings. The number of nitrogens with zero attached hydrogens (tertiary/aromatic N) is 2. The minimum Gasteiger partial charge on any atom is -0.468 e. The van der Waals surface area contributed by atoms with Crippen molar-refractivity contribution in [2.24, 2.45) is 0 Å². The molecule has 5 heteroatoms. The van der Waals surface area contributed by atoms with Crippen molar-refractivity contribution in [3.05, 3.63) is 148 Å². The van der Waals surface area contributed by atoms with Gasteiger partial charge in [-0.15, -0.1) is 11.3 Å². The number of benzene rings is 6. The van der Waals surface area contributed by atoms with E-state index < -0.39 is 0 Å². The Balaban J connectivity index is 1.32. The van der Waals surface area contributed by atoms with E-state index in [0.717, 1.165) is 11.2 Å². The summed E-state index contributed by atoms with van der Waals surface area (Å²) < 4.78 is 8.72. The van der Waals surface area contributed by atoms with Crippen molar-refractivity contribution in [3.63, 3.8) is 0 Å². The van der Waals surface area contributed by atoms with Gasteiger partial charge in [0.25, 0.3) is 6.71 Å². The zero-order valence-corrected chi connectivity index (χ0v) is 41.5. The van der Waals surface area contributed by atoms with Crippen LogP contribution in [-0.2, 0) is 16.2 Å². The largest absolute Gasteiger partial charge is 0.468 e. The highest BCUT2D eigenvalue weighted by Gasteiger charge is 2.48. The topological polar surface area (TPSA) is 19.6 Å². The Morgan fingerprint density at radius 1 is 0.547 bits per heavy atom. The summed E-state index contributed by atoms with van der Waals surface area (Å²) in [5.41, 5.74) is 23.5. The fourth-order valence-corrected chi connectivity index (χ4v) is 11.6. The molecule has 10 rings (SSSR count). The molecule has 64 heavy (non-hydrogen) atoms. The lowest BCUT2D eigenvalue weighted by Gasteiger charge is -2.44. The molecule has 0 N–H and O–H groups in total. The molecule has 4 heterocycles. The van der Waals surface area contributed by atoms with E-state index in [2.05, 4.69) is 217 Å². The van der Waals surface area contributed by atoms with Crippen LogP contribution in [0, 0.1) is 27.7 Å². The minimum absolute atomic E-state index is 0.0179. The smallest absolute Gasteiger partial charge is 0.297 e. The van der Waals surface area contributed by atoms with E-state index >= 15 is 0 Å². The quantitative estimate of drug-likeness (QED) is 0.164. The summed E-state index contributed by atoms with van der Waals surface area (Å²) in [4.78, 5) is 6.54. The van der Waals surface area contributed by atoms with Crippen LogP contribution in [0.5, 0.6) is 0 Å². The number of rotatable bonds is 4. The van der Waals surface area contributed by atoms with Crippen molar-refractivity contribution in [2.75, 3.05) is 9.80 Å². The van der Waals surface area contributed by atoms with Crippen molar-refractivity contribution < 1.29 is 4.42 Å². The highest BCUT2D eigenvalue weighted by Crippen LogP contribution is 2.51. The second-order valence-corrected chi connectivity index (χ2v) is 23.4. The Bertz CT molecular complexity index is 3130. The average molecular weight is 859 g/mol. The van der Waals surface area contributed by atoms with Gasteiger partial charge in [0.15, 0.2) is 0 Å². The van der Waals surface area contributed by atoms with Gasteiger partial charge in [0.2, 0.25) is 0 Å². The van der Waals surface area contributed by atoms with Gasteiger partial charge in [-0.25, -0.2) is 0 Å². The molecule has 0 unspecified atom stereocenters. The number of hydrogen-bond acceptors (Lipinski definition) is 4. The van der Waals surface area contributed by atoms with Gasteiger partial charge in [0.05, 0.1) is 22.7 Å². The maximum absolute atomic E-state index is 7.40. The monoisotopic (exact) mass is 858 g/mol. The fraction of sp³-hybridized carbons (Fsp3) is 0.322. The fourth-order valence-electron chi connectivity index (χ4n) is 10.6. The van der Waals surface area contributed by atoms with Crippen LogP contribution in [-0.4, -0.2) is 6.71 Å². The van der Waals surface area contributed by atoms with Gasteiger partial charge in [0.1, 0.15) is 5.58 Å². The van der Waals surface area contributed by atoms with Crippen molar-refractivity contribution >= 4 is 89.8 Å². The summed E-state index contributed by atoms with van der Waals surface area (Å²) in [7, 11) is 0. The molecule has 324 valence electrons. The van der Waals surface area contributed by atoms with Crippen LogP contribution in [0.3, 0.4) is 0 Å². The molecular weight excluding hydrogens is 796 g/mol. The van der Waals surface area contributed by atoms with Crippen LogP contribution in [0.4, 0.5) is 34.1 Å². The molecule has 0 bridgehead atoms. The minimum atomic E-state index is -0.121. The molecule has 0 fully saturated rings. The van der Waals surface area contributed by atoms with E-state index in [1.165, 1.54) is 115 Å². The lowest BCUT2D eigenvalue weighted by molar-refractivity contribution is 0.589. The van der Waals surface area contributed by atoms with E-state index in [9.17, 15) is 0 Å². The first-order chi connectivity index (χ1) is 30.1. The third kappa shape index (κ3) is 6.67. The van der Waals surface area contributed by atoms with Crippen molar-refractivity contribution in [1.82, 2.24) is 0 Å². The number of fused-ring (bicyclic) bond motifs is 7. The van der Waals surface area contributed by atoms with Gasteiger partial charge in [-0.2, -0.15) is 0 Å². The van der Waals surface area contributed by atoms with Crippen LogP contribution in [0.2, 0.25) is 0 Å². The summed E-state index contributed by atoms with van der Waals surface area (Å²) in [6.07, 6.45) is 0. The zero-order chi connectivity index (χ0) is 45.5. The number of aryl methyl sites for hydroxylation is 4. The molecule has 6 aromatic carbocycles. The highest BCUT2D eigenvalue weighted by atomic mass is 32.1. The molecule has 0 radical (unpaired) electrons. The Kier molecular flexibility index (Phi) is 9.61. The van der Waals surface area contributed by atoms with Crippen molar-refractivity contribution in [1.29, 1.82) is 0 Å². The van der Waals surface area contributed by atoms with Crippen LogP contribution >= 0.6 is 11.3 Å². The van der Waals surface area contributed by atoms with E-state index in [-0.39, 0.29) is 23.0 Å². The Hall–Kier alpha value is -5.52. The van der Waals surface area contributed by atoms with Crippen molar-refractivity contribution in [2.45, 2.75) is 126 Å². The molecule has 2 aliphatic heterocycles. The summed E-state index contributed by atoms with van der Waals surface area (Å²) in [6, 6.07) is 40.0. The molecule has 0 spiro atoms. The van der Waals surface area contributed by atoms with Crippen LogP contribution in [0.15, 0.2) is 108 Å². The molecule has 3 nitrogen and oxygen atoms in total. The van der Waals surface area contributed by atoms with E-state index in [0.29, 0.717) is 5.92 Å². The predicted octanol–water partition coefficient (Wildman–Crippen LogP) is 15.6. The number of hydrogen-bond donors (Lipinski definition) is 0. The first kappa shape index (κ1) is 42.4. The van der Waals surface area contributed by atoms with Gasteiger partial charge in [-0.05, 0) is 171 Å². The third-order valence-corrected chi connectivity index (χ3v) is 15.3. The predicted molar refractivity (Wildman–Crippen MR) is 280 cm³/mol. The summed E-state index contributed by atoms with van der Waals surface area (Å²) in [5, 5.41) is 2.47. The molecule has 0 amide bonds. The molecule has 0 atom stereocenters. The maximum atomic E-state index is 7.40. The van der Waals surface area contributed by atoms with Crippen molar-refractivity contribution in [3.8, 4) is 10.4 Å². The standard InChI is InChI=1S/C59H63BN2OS/c1-33(2)39-28-47-52-48(29-39)62(54-36(5)26-43(27-37(54)6)59(13,14)15)55-44-31-41(57(7,8)9)21-23-49(44)63-56(55)60(52)45-32-42(58(10,11)12)20-22-46(45)61(47)53-34(3)24-40(25-35(53)4)51-30-38-18-16-17-19-50(38)64-51/h16-33H,1-15H3. The Labute approximate surface area is 386 Å². The Morgan fingerprint density at radius 2 is 1.11 bits per heavy atom. The van der Waals surface area contributed by atoms with Gasteiger partial charge >= 0.3 is 0 Å². The number of thiophene rings is 1. The van der Waals surface area contributed by atoms with Crippen LogP contribution in [0.25, 0.3) is 31.5 Å². The molecule has 0 saturated carbocycles. The van der Waals surface area contributed by atoms with Gasteiger partial charge < -0.3 is 14.2 Å².